The number of aryl methyl sites for hydroxylation is 1. The smallest absolute Gasteiger partial charge is 0.323 e. The van der Waals surface area contributed by atoms with Crippen LogP contribution in [-0.4, -0.2) is 31.3 Å². The summed E-state index contributed by atoms with van der Waals surface area (Å²) in [6.45, 7) is 5.12. The Balaban J connectivity index is 2.05. The molecule has 2 aromatic rings. The van der Waals surface area contributed by atoms with Crippen molar-refractivity contribution in [1.29, 1.82) is 0 Å². The lowest BCUT2D eigenvalue weighted by molar-refractivity contribution is 0.292. The van der Waals surface area contributed by atoms with E-state index in [0.717, 1.165) is 17.7 Å². The Hall–Kier alpha value is -2.38. The highest BCUT2D eigenvalue weighted by Crippen LogP contribution is 2.12. The number of aromatic nitrogens is 5. The van der Waals surface area contributed by atoms with Gasteiger partial charge in [-0.25, -0.2) is 0 Å². The van der Waals surface area contributed by atoms with Crippen LogP contribution in [0.25, 0.3) is 0 Å². The summed E-state index contributed by atoms with van der Waals surface area (Å²) in [5.41, 5.74) is 7.79. The number of ether oxygens (including phenoxy) is 1. The highest BCUT2D eigenvalue weighted by Gasteiger charge is 2.07. The van der Waals surface area contributed by atoms with Gasteiger partial charge in [-0.05, 0) is 13.3 Å². The molecule has 0 spiro atoms. The van der Waals surface area contributed by atoms with E-state index in [1.807, 2.05) is 25.6 Å². The second kappa shape index (κ2) is 6.18. The molecule has 2 aromatic heterocycles. The molecule has 0 bridgehead atoms. The van der Waals surface area contributed by atoms with Crippen molar-refractivity contribution in [2.24, 2.45) is 7.05 Å². The fraction of sp³-hybridized carbons (Fsp3) is 0.500. The number of nitrogens with two attached hydrogens (primary N) is 1. The monoisotopic (exact) mass is 277 g/mol. The minimum absolute atomic E-state index is 0.136. The third kappa shape index (κ3) is 3.34. The molecule has 20 heavy (non-hydrogen) atoms. The molecule has 0 aromatic carbocycles. The maximum absolute atomic E-state index is 5.64. The van der Waals surface area contributed by atoms with Crippen LogP contribution in [0.5, 0.6) is 6.01 Å². The third-order valence-corrected chi connectivity index (χ3v) is 2.84. The van der Waals surface area contributed by atoms with Gasteiger partial charge < -0.3 is 15.8 Å². The minimum Gasteiger partial charge on any atom is -0.463 e. The van der Waals surface area contributed by atoms with E-state index in [0.29, 0.717) is 19.1 Å². The lowest BCUT2D eigenvalue weighted by atomic mass is 10.2. The maximum Gasteiger partial charge on any atom is 0.323 e. The standard InChI is InChI=1S/C12H19N7O/c1-4-5-20-12-17-10(13)16-11(18-12)14-6-9-7-15-19(3)8(9)2/h7H,4-6H2,1-3H3,(H3,13,14,16,17,18). The molecule has 8 nitrogen and oxygen atoms in total. The minimum atomic E-state index is 0.136. The van der Waals surface area contributed by atoms with Crippen LogP contribution < -0.4 is 15.8 Å². The van der Waals surface area contributed by atoms with Gasteiger partial charge in [0.15, 0.2) is 0 Å². The molecule has 0 saturated heterocycles. The lowest BCUT2D eigenvalue weighted by Gasteiger charge is -2.07. The Morgan fingerprint density at radius 2 is 2.15 bits per heavy atom. The van der Waals surface area contributed by atoms with Crippen molar-refractivity contribution in [3.05, 3.63) is 17.5 Å². The van der Waals surface area contributed by atoms with E-state index in [2.05, 4.69) is 25.4 Å². The molecule has 0 aliphatic heterocycles. The van der Waals surface area contributed by atoms with Gasteiger partial charge in [-0.2, -0.15) is 20.1 Å². The van der Waals surface area contributed by atoms with Crippen molar-refractivity contribution in [2.75, 3.05) is 17.7 Å². The predicted molar refractivity (Wildman–Crippen MR) is 75.3 cm³/mol. The summed E-state index contributed by atoms with van der Waals surface area (Å²) in [5, 5.41) is 7.28. The zero-order valence-corrected chi connectivity index (χ0v) is 11.9. The van der Waals surface area contributed by atoms with Crippen molar-refractivity contribution >= 4 is 11.9 Å². The zero-order valence-electron chi connectivity index (χ0n) is 11.9. The molecule has 0 radical (unpaired) electrons. The molecular weight excluding hydrogens is 258 g/mol. The Labute approximate surface area is 117 Å². The predicted octanol–water partition coefficient (Wildman–Crippen LogP) is 0.897. The normalized spacial score (nSPS) is 10.6. The Morgan fingerprint density at radius 3 is 2.80 bits per heavy atom. The van der Waals surface area contributed by atoms with Crippen molar-refractivity contribution in [1.82, 2.24) is 24.7 Å². The Bertz CT molecular complexity index is 581. The highest BCUT2D eigenvalue weighted by molar-refractivity contribution is 5.34. The van der Waals surface area contributed by atoms with E-state index in [-0.39, 0.29) is 12.0 Å². The van der Waals surface area contributed by atoms with E-state index in [1.54, 1.807) is 6.20 Å². The van der Waals surface area contributed by atoms with Crippen LogP contribution in [-0.2, 0) is 13.6 Å². The van der Waals surface area contributed by atoms with Gasteiger partial charge in [-0.15, -0.1) is 0 Å². The second-order valence-corrected chi connectivity index (χ2v) is 4.38. The summed E-state index contributed by atoms with van der Waals surface area (Å²) in [5.74, 6) is 0.531. The van der Waals surface area contributed by atoms with Crippen LogP contribution >= 0.6 is 0 Å². The number of nitrogen functional groups attached to an aromatic ring is 1. The van der Waals surface area contributed by atoms with Gasteiger partial charge in [0.2, 0.25) is 11.9 Å². The largest absolute Gasteiger partial charge is 0.463 e. The second-order valence-electron chi connectivity index (χ2n) is 4.38. The molecule has 0 aliphatic carbocycles. The zero-order chi connectivity index (χ0) is 14.5. The first kappa shape index (κ1) is 14.0. The van der Waals surface area contributed by atoms with Crippen LogP contribution in [0.4, 0.5) is 11.9 Å². The molecule has 0 fully saturated rings. The van der Waals surface area contributed by atoms with E-state index < -0.39 is 0 Å². The number of rotatable bonds is 6. The summed E-state index contributed by atoms with van der Waals surface area (Å²) < 4.78 is 7.17. The van der Waals surface area contributed by atoms with E-state index >= 15 is 0 Å². The van der Waals surface area contributed by atoms with Crippen LogP contribution in [0, 0.1) is 6.92 Å². The van der Waals surface area contributed by atoms with E-state index in [4.69, 9.17) is 10.5 Å². The number of hydrogen-bond acceptors (Lipinski definition) is 7. The Morgan fingerprint density at radius 1 is 1.35 bits per heavy atom. The van der Waals surface area contributed by atoms with Crippen molar-refractivity contribution in [3.63, 3.8) is 0 Å². The number of hydrogen-bond donors (Lipinski definition) is 2. The lowest BCUT2D eigenvalue weighted by Crippen LogP contribution is -2.10. The van der Waals surface area contributed by atoms with Crippen LogP contribution in [0.3, 0.4) is 0 Å². The summed E-state index contributed by atoms with van der Waals surface area (Å²) in [6.07, 6.45) is 2.69. The first-order chi connectivity index (χ1) is 9.60. The molecule has 3 N–H and O–H groups in total. The third-order valence-electron chi connectivity index (χ3n) is 2.84. The molecule has 2 rings (SSSR count). The van der Waals surface area contributed by atoms with Gasteiger partial charge in [-0.3, -0.25) is 4.68 Å². The van der Waals surface area contributed by atoms with Gasteiger partial charge in [0.25, 0.3) is 0 Å². The highest BCUT2D eigenvalue weighted by atomic mass is 16.5. The number of nitrogens with one attached hydrogen (secondary N) is 1. The molecule has 0 amide bonds. The maximum atomic E-state index is 5.64. The van der Waals surface area contributed by atoms with Crippen molar-refractivity contribution in [2.45, 2.75) is 26.8 Å². The molecule has 0 unspecified atom stereocenters. The van der Waals surface area contributed by atoms with Gasteiger partial charge in [-0.1, -0.05) is 6.92 Å². The summed E-state index contributed by atoms with van der Waals surface area (Å²) in [6, 6.07) is 0.241. The summed E-state index contributed by atoms with van der Waals surface area (Å²) >= 11 is 0. The first-order valence-corrected chi connectivity index (χ1v) is 6.46. The molecule has 108 valence electrons. The molecule has 2 heterocycles. The number of anilines is 2. The van der Waals surface area contributed by atoms with E-state index in [1.165, 1.54) is 0 Å². The van der Waals surface area contributed by atoms with Crippen LogP contribution in [0.15, 0.2) is 6.20 Å². The fourth-order valence-electron chi connectivity index (χ4n) is 1.60. The van der Waals surface area contributed by atoms with Crippen LogP contribution in [0.2, 0.25) is 0 Å². The Kier molecular flexibility index (Phi) is 4.34. The van der Waals surface area contributed by atoms with Gasteiger partial charge in [0.05, 0.1) is 12.8 Å². The van der Waals surface area contributed by atoms with Crippen molar-refractivity contribution in [3.8, 4) is 6.01 Å². The van der Waals surface area contributed by atoms with Gasteiger partial charge >= 0.3 is 6.01 Å². The fourth-order valence-corrected chi connectivity index (χ4v) is 1.60. The quantitative estimate of drug-likeness (QED) is 0.808. The SMILES string of the molecule is CCCOc1nc(N)nc(NCc2cnn(C)c2C)n1. The molecule has 0 atom stereocenters. The molecular formula is C12H19N7O. The van der Waals surface area contributed by atoms with Gasteiger partial charge in [0.1, 0.15) is 0 Å². The molecule has 8 heteroatoms. The van der Waals surface area contributed by atoms with Crippen LogP contribution in [0.1, 0.15) is 24.6 Å². The average Bonchev–Trinajstić information content (AvgIpc) is 2.74. The van der Waals surface area contributed by atoms with Crippen molar-refractivity contribution < 1.29 is 4.74 Å². The summed E-state index contributed by atoms with van der Waals surface area (Å²) in [4.78, 5) is 12.1. The van der Waals surface area contributed by atoms with E-state index in [9.17, 15) is 0 Å². The van der Waals surface area contributed by atoms with Gasteiger partial charge in [0, 0.05) is 24.8 Å². The first-order valence-electron chi connectivity index (χ1n) is 6.46. The molecule has 0 saturated carbocycles. The number of nitrogens with zero attached hydrogens (tertiary/aromatic N) is 5. The summed E-state index contributed by atoms with van der Waals surface area (Å²) in [7, 11) is 1.90. The topological polar surface area (TPSA) is 104 Å². The average molecular weight is 277 g/mol. The molecule has 0 aliphatic rings.